The summed E-state index contributed by atoms with van der Waals surface area (Å²) < 4.78 is 14.8. The first-order valence-electron chi connectivity index (χ1n) is 7.51. The first kappa shape index (κ1) is 15.5. The maximum absolute atomic E-state index is 14.8. The molecule has 0 bridgehead atoms. The lowest BCUT2D eigenvalue weighted by Crippen LogP contribution is -2.32. The van der Waals surface area contributed by atoms with Crippen molar-refractivity contribution < 1.29 is 9.50 Å². The van der Waals surface area contributed by atoms with E-state index in [0.717, 1.165) is 32.6 Å². The number of aliphatic hydroxyl groups is 1. The number of halogens is 2. The maximum Gasteiger partial charge on any atom is 0.172 e. The van der Waals surface area contributed by atoms with Crippen molar-refractivity contribution in [2.24, 2.45) is 0 Å². The molecule has 1 fully saturated rings. The van der Waals surface area contributed by atoms with E-state index >= 15 is 0 Å². The number of aliphatic hydroxyl groups excluding tert-OH is 1. The van der Waals surface area contributed by atoms with E-state index in [0.29, 0.717) is 28.2 Å². The normalized spacial score (nSPS) is 17.0. The second kappa shape index (κ2) is 6.77. The molecule has 2 heterocycles. The molecule has 1 aliphatic rings. The van der Waals surface area contributed by atoms with Crippen molar-refractivity contribution in [2.75, 3.05) is 44.2 Å². The van der Waals surface area contributed by atoms with Gasteiger partial charge in [-0.2, -0.15) is 0 Å². The number of fused-ring (bicyclic) bond motifs is 1. The molecule has 22 heavy (non-hydrogen) atoms. The number of pyridine rings is 1. The van der Waals surface area contributed by atoms with Gasteiger partial charge in [0.15, 0.2) is 5.82 Å². The van der Waals surface area contributed by atoms with Crippen LogP contribution in [0, 0.1) is 5.82 Å². The predicted molar refractivity (Wildman–Crippen MR) is 87.1 cm³/mol. The number of aromatic nitrogens is 1. The van der Waals surface area contributed by atoms with Crippen LogP contribution in [0.25, 0.3) is 10.9 Å². The Morgan fingerprint density at radius 3 is 2.86 bits per heavy atom. The summed E-state index contributed by atoms with van der Waals surface area (Å²) in [7, 11) is 0. The zero-order valence-electron chi connectivity index (χ0n) is 12.3. The van der Waals surface area contributed by atoms with Crippen LogP contribution >= 0.6 is 11.6 Å². The number of hydrogen-bond acceptors (Lipinski definition) is 4. The van der Waals surface area contributed by atoms with Gasteiger partial charge < -0.3 is 10.0 Å². The third-order valence-electron chi connectivity index (χ3n) is 4.12. The van der Waals surface area contributed by atoms with Crippen LogP contribution in [0.2, 0.25) is 5.02 Å². The largest absolute Gasteiger partial charge is 0.395 e. The van der Waals surface area contributed by atoms with Crippen molar-refractivity contribution in [3.63, 3.8) is 0 Å². The molecule has 0 radical (unpaired) electrons. The number of β-amino-alcohol motifs (C(OH)–C–C–N with tert-alkyl or cyclic N) is 1. The number of nitrogens with zero attached hydrogens (tertiary/aromatic N) is 3. The van der Waals surface area contributed by atoms with E-state index in [9.17, 15) is 4.39 Å². The van der Waals surface area contributed by atoms with E-state index in [1.807, 2.05) is 6.07 Å². The van der Waals surface area contributed by atoms with Gasteiger partial charge in [0.05, 0.1) is 17.3 Å². The molecule has 0 saturated carbocycles. The molecule has 1 N–H and O–H groups in total. The van der Waals surface area contributed by atoms with Gasteiger partial charge in [0.1, 0.15) is 5.52 Å². The average molecular weight is 324 g/mol. The molecule has 1 aromatic heterocycles. The summed E-state index contributed by atoms with van der Waals surface area (Å²) in [5, 5.41) is 10.2. The van der Waals surface area contributed by atoms with Gasteiger partial charge in [0.2, 0.25) is 0 Å². The quantitative estimate of drug-likeness (QED) is 0.942. The Hall–Kier alpha value is -1.43. The smallest absolute Gasteiger partial charge is 0.172 e. The number of hydrogen-bond donors (Lipinski definition) is 1. The predicted octanol–water partition coefficient (Wildman–Crippen LogP) is 2.53. The summed E-state index contributed by atoms with van der Waals surface area (Å²) in [5.74, 6) is -0.310. The number of rotatable bonds is 3. The van der Waals surface area contributed by atoms with Gasteiger partial charge >= 0.3 is 0 Å². The summed E-state index contributed by atoms with van der Waals surface area (Å²) >= 11 is 6.10. The minimum absolute atomic E-state index is 0.159. The summed E-state index contributed by atoms with van der Waals surface area (Å²) in [6, 6.07) is 5.29. The van der Waals surface area contributed by atoms with Gasteiger partial charge in [-0.3, -0.25) is 9.88 Å². The Labute approximate surface area is 134 Å². The van der Waals surface area contributed by atoms with Crippen molar-refractivity contribution >= 4 is 28.2 Å². The molecule has 0 aliphatic carbocycles. The molecular weight excluding hydrogens is 305 g/mol. The van der Waals surface area contributed by atoms with Crippen molar-refractivity contribution in [3.05, 3.63) is 35.2 Å². The SMILES string of the molecule is OCCN1CCCN(c2ccc3c(Cl)ccnc3c2F)CC1. The Kier molecular flexibility index (Phi) is 4.76. The third-order valence-corrected chi connectivity index (χ3v) is 4.45. The van der Waals surface area contributed by atoms with Crippen molar-refractivity contribution in [3.8, 4) is 0 Å². The zero-order chi connectivity index (χ0) is 15.5. The molecule has 118 valence electrons. The minimum Gasteiger partial charge on any atom is -0.395 e. The Balaban J connectivity index is 1.88. The molecule has 2 aromatic rings. The van der Waals surface area contributed by atoms with Crippen molar-refractivity contribution in [2.45, 2.75) is 6.42 Å². The van der Waals surface area contributed by atoms with Gasteiger partial charge in [0.25, 0.3) is 0 Å². The zero-order valence-corrected chi connectivity index (χ0v) is 13.1. The lowest BCUT2D eigenvalue weighted by Gasteiger charge is -2.24. The highest BCUT2D eigenvalue weighted by Crippen LogP contribution is 2.30. The molecule has 1 aromatic carbocycles. The average Bonchev–Trinajstić information content (AvgIpc) is 2.75. The van der Waals surface area contributed by atoms with E-state index in [1.54, 1.807) is 12.1 Å². The Bertz CT molecular complexity index is 667. The van der Waals surface area contributed by atoms with Gasteiger partial charge in [0, 0.05) is 37.8 Å². The fourth-order valence-corrected chi connectivity index (χ4v) is 3.17. The van der Waals surface area contributed by atoms with Gasteiger partial charge in [-0.05, 0) is 31.2 Å². The van der Waals surface area contributed by atoms with Gasteiger partial charge in [-0.15, -0.1) is 0 Å². The lowest BCUT2D eigenvalue weighted by atomic mass is 10.1. The molecule has 4 nitrogen and oxygen atoms in total. The summed E-state index contributed by atoms with van der Waals surface area (Å²) in [6.45, 7) is 4.11. The first-order chi connectivity index (χ1) is 10.7. The summed E-state index contributed by atoms with van der Waals surface area (Å²) in [6.07, 6.45) is 2.48. The number of benzene rings is 1. The maximum atomic E-state index is 14.8. The Morgan fingerprint density at radius 2 is 2.05 bits per heavy atom. The van der Waals surface area contributed by atoms with E-state index < -0.39 is 0 Å². The van der Waals surface area contributed by atoms with E-state index in [-0.39, 0.29) is 12.4 Å². The highest BCUT2D eigenvalue weighted by atomic mass is 35.5. The molecule has 1 saturated heterocycles. The van der Waals surface area contributed by atoms with Gasteiger partial charge in [-0.25, -0.2) is 4.39 Å². The minimum atomic E-state index is -0.310. The first-order valence-corrected chi connectivity index (χ1v) is 7.89. The van der Waals surface area contributed by atoms with Crippen LogP contribution in [0.3, 0.4) is 0 Å². The number of anilines is 1. The summed E-state index contributed by atoms with van der Waals surface area (Å²) in [4.78, 5) is 8.39. The topological polar surface area (TPSA) is 39.6 Å². The molecule has 0 spiro atoms. The Morgan fingerprint density at radius 1 is 1.18 bits per heavy atom. The van der Waals surface area contributed by atoms with E-state index in [2.05, 4.69) is 14.8 Å². The highest BCUT2D eigenvalue weighted by Gasteiger charge is 2.19. The monoisotopic (exact) mass is 323 g/mol. The van der Waals surface area contributed by atoms with E-state index in [1.165, 1.54) is 6.20 Å². The molecule has 0 amide bonds. The van der Waals surface area contributed by atoms with Crippen LogP contribution < -0.4 is 4.90 Å². The standard InChI is InChI=1S/C16H19ClFN3O/c17-13-4-5-19-16-12(13)2-3-14(15(16)18)21-7-1-6-20(8-9-21)10-11-22/h2-5,22H,1,6-11H2. The van der Waals surface area contributed by atoms with Gasteiger partial charge in [-0.1, -0.05) is 11.6 Å². The van der Waals surface area contributed by atoms with Crippen LogP contribution in [0.5, 0.6) is 0 Å². The van der Waals surface area contributed by atoms with Crippen LogP contribution in [0.4, 0.5) is 10.1 Å². The van der Waals surface area contributed by atoms with E-state index in [4.69, 9.17) is 16.7 Å². The van der Waals surface area contributed by atoms with Crippen LogP contribution in [0.15, 0.2) is 24.4 Å². The van der Waals surface area contributed by atoms with Crippen molar-refractivity contribution in [1.29, 1.82) is 0 Å². The summed E-state index contributed by atoms with van der Waals surface area (Å²) in [5.41, 5.74) is 0.898. The molecular formula is C16H19ClFN3O. The molecule has 0 unspecified atom stereocenters. The fraction of sp³-hybridized carbons (Fsp3) is 0.438. The molecule has 1 aliphatic heterocycles. The fourth-order valence-electron chi connectivity index (χ4n) is 2.96. The molecule has 3 rings (SSSR count). The van der Waals surface area contributed by atoms with Crippen LogP contribution in [-0.4, -0.2) is 54.3 Å². The van der Waals surface area contributed by atoms with Crippen LogP contribution in [0.1, 0.15) is 6.42 Å². The second-order valence-electron chi connectivity index (χ2n) is 5.49. The second-order valence-corrected chi connectivity index (χ2v) is 5.90. The third kappa shape index (κ3) is 3.02. The highest BCUT2D eigenvalue weighted by molar-refractivity contribution is 6.35. The molecule has 6 heteroatoms. The van der Waals surface area contributed by atoms with Crippen molar-refractivity contribution in [1.82, 2.24) is 9.88 Å². The lowest BCUT2D eigenvalue weighted by molar-refractivity contribution is 0.204. The van der Waals surface area contributed by atoms with Crippen LogP contribution in [-0.2, 0) is 0 Å². The molecule has 0 atom stereocenters.